The number of thiazole rings is 1. The molecule has 0 radical (unpaired) electrons. The summed E-state index contributed by atoms with van der Waals surface area (Å²) < 4.78 is 0. The summed E-state index contributed by atoms with van der Waals surface area (Å²) >= 11 is 1.16. The van der Waals surface area contributed by atoms with Crippen LogP contribution in [-0.2, 0) is 13.1 Å². The molecule has 0 fully saturated rings. The van der Waals surface area contributed by atoms with Crippen LogP contribution in [0.5, 0.6) is 5.75 Å². The van der Waals surface area contributed by atoms with Crippen molar-refractivity contribution in [3.63, 3.8) is 0 Å². The van der Waals surface area contributed by atoms with Crippen LogP contribution in [0.3, 0.4) is 0 Å². The Morgan fingerprint density at radius 3 is 2.94 bits per heavy atom. The third-order valence-corrected chi connectivity index (χ3v) is 2.84. The van der Waals surface area contributed by atoms with Gasteiger partial charge in [0.25, 0.3) is 0 Å². The van der Waals surface area contributed by atoms with E-state index >= 15 is 0 Å². The molecule has 0 amide bonds. The Kier molecular flexibility index (Phi) is 3.38. The molecule has 0 saturated carbocycles. The lowest BCUT2D eigenvalue weighted by Crippen LogP contribution is -2.13. The standard InChI is InChI=1S/C11H12N2O2S/c14-10-3-1-2-8(4-10)5-12-6-9-7-16-11(15)13-9/h1-4,7,12,14H,5-6H2,(H,13,15). The maximum atomic E-state index is 10.9. The van der Waals surface area contributed by atoms with Gasteiger partial charge >= 0.3 is 4.87 Å². The molecule has 5 heteroatoms. The Balaban J connectivity index is 1.86. The molecule has 16 heavy (non-hydrogen) atoms. The van der Waals surface area contributed by atoms with Gasteiger partial charge in [-0.05, 0) is 17.7 Å². The predicted octanol–water partition coefficient (Wildman–Crippen LogP) is 1.43. The van der Waals surface area contributed by atoms with E-state index in [1.807, 2.05) is 6.07 Å². The molecule has 0 spiro atoms. The summed E-state index contributed by atoms with van der Waals surface area (Å²) in [7, 11) is 0. The molecule has 0 aliphatic heterocycles. The lowest BCUT2D eigenvalue weighted by molar-refractivity contribution is 0.474. The molecular weight excluding hydrogens is 224 g/mol. The van der Waals surface area contributed by atoms with Gasteiger partial charge in [-0.3, -0.25) is 4.79 Å². The first kappa shape index (κ1) is 10.9. The fourth-order valence-corrected chi connectivity index (χ4v) is 1.99. The second kappa shape index (κ2) is 4.96. The molecule has 0 saturated heterocycles. The minimum atomic E-state index is -0.0332. The molecule has 0 bridgehead atoms. The predicted molar refractivity (Wildman–Crippen MR) is 63.6 cm³/mol. The van der Waals surface area contributed by atoms with Gasteiger partial charge in [0.15, 0.2) is 0 Å². The summed E-state index contributed by atoms with van der Waals surface area (Å²) in [5.74, 6) is 0.267. The van der Waals surface area contributed by atoms with E-state index in [9.17, 15) is 9.90 Å². The van der Waals surface area contributed by atoms with Gasteiger partial charge in [0, 0.05) is 24.2 Å². The number of phenols is 1. The molecule has 4 nitrogen and oxygen atoms in total. The van der Waals surface area contributed by atoms with Crippen molar-refractivity contribution in [1.82, 2.24) is 10.3 Å². The van der Waals surface area contributed by atoms with Gasteiger partial charge in [-0.15, -0.1) is 0 Å². The quantitative estimate of drug-likeness (QED) is 0.752. The van der Waals surface area contributed by atoms with Crippen LogP contribution in [-0.4, -0.2) is 10.1 Å². The molecule has 1 aromatic heterocycles. The molecule has 2 rings (SSSR count). The Hall–Kier alpha value is -1.59. The monoisotopic (exact) mass is 236 g/mol. The lowest BCUT2D eigenvalue weighted by atomic mass is 10.2. The number of hydrogen-bond acceptors (Lipinski definition) is 4. The van der Waals surface area contributed by atoms with E-state index in [-0.39, 0.29) is 10.6 Å². The number of aromatic amines is 1. The molecule has 0 aliphatic rings. The summed E-state index contributed by atoms with van der Waals surface area (Å²) in [6, 6.07) is 7.09. The number of aromatic hydroxyl groups is 1. The average Bonchev–Trinajstić information content (AvgIpc) is 2.64. The number of nitrogens with one attached hydrogen (secondary N) is 2. The molecule has 0 atom stereocenters. The summed E-state index contributed by atoms with van der Waals surface area (Å²) in [5, 5.41) is 14.2. The van der Waals surface area contributed by atoms with Crippen molar-refractivity contribution in [1.29, 1.82) is 0 Å². The number of aromatic nitrogens is 1. The molecule has 2 aromatic rings. The molecule has 3 N–H and O–H groups in total. The number of hydrogen-bond donors (Lipinski definition) is 3. The van der Waals surface area contributed by atoms with Crippen molar-refractivity contribution in [3.05, 3.63) is 50.6 Å². The normalized spacial score (nSPS) is 10.5. The second-order valence-electron chi connectivity index (χ2n) is 3.45. The van der Waals surface area contributed by atoms with Gasteiger partial charge in [0.1, 0.15) is 5.75 Å². The van der Waals surface area contributed by atoms with Crippen molar-refractivity contribution in [3.8, 4) is 5.75 Å². The molecule has 84 valence electrons. The molecule has 0 unspecified atom stereocenters. The van der Waals surface area contributed by atoms with Gasteiger partial charge in [0.2, 0.25) is 0 Å². The topological polar surface area (TPSA) is 65.1 Å². The highest BCUT2D eigenvalue weighted by atomic mass is 32.1. The van der Waals surface area contributed by atoms with Crippen LogP contribution in [0.25, 0.3) is 0 Å². The van der Waals surface area contributed by atoms with Gasteiger partial charge < -0.3 is 15.4 Å². The first-order valence-corrected chi connectivity index (χ1v) is 5.77. The lowest BCUT2D eigenvalue weighted by Gasteiger charge is -2.03. The molecular formula is C11H12N2O2S. The van der Waals surface area contributed by atoms with Crippen molar-refractivity contribution in [2.24, 2.45) is 0 Å². The molecule has 1 heterocycles. The van der Waals surface area contributed by atoms with Gasteiger partial charge in [-0.2, -0.15) is 0 Å². The van der Waals surface area contributed by atoms with Crippen LogP contribution < -0.4 is 10.2 Å². The van der Waals surface area contributed by atoms with Gasteiger partial charge in [-0.25, -0.2) is 0 Å². The maximum absolute atomic E-state index is 10.9. The number of H-pyrrole nitrogens is 1. The third kappa shape index (κ3) is 2.95. The average molecular weight is 236 g/mol. The zero-order valence-electron chi connectivity index (χ0n) is 8.56. The van der Waals surface area contributed by atoms with E-state index < -0.39 is 0 Å². The first-order valence-electron chi connectivity index (χ1n) is 4.89. The summed E-state index contributed by atoms with van der Waals surface area (Å²) in [4.78, 5) is 13.6. The number of rotatable bonds is 4. The number of benzene rings is 1. The third-order valence-electron chi connectivity index (χ3n) is 2.13. The van der Waals surface area contributed by atoms with Crippen LogP contribution in [0.2, 0.25) is 0 Å². The molecule has 1 aromatic carbocycles. The highest BCUT2D eigenvalue weighted by Crippen LogP contribution is 2.10. The van der Waals surface area contributed by atoms with E-state index in [1.54, 1.807) is 23.6 Å². The fraction of sp³-hybridized carbons (Fsp3) is 0.182. The zero-order valence-corrected chi connectivity index (χ0v) is 9.38. The van der Waals surface area contributed by atoms with Crippen LogP contribution in [0.15, 0.2) is 34.4 Å². The van der Waals surface area contributed by atoms with Gasteiger partial charge in [0.05, 0.1) is 0 Å². The first-order chi connectivity index (χ1) is 7.74. The Bertz CT molecular complexity index is 518. The smallest absolute Gasteiger partial charge is 0.304 e. The highest BCUT2D eigenvalue weighted by Gasteiger charge is 1.97. The SMILES string of the molecule is O=c1[nH]c(CNCc2cccc(O)c2)cs1. The van der Waals surface area contributed by atoms with Crippen molar-refractivity contribution >= 4 is 11.3 Å². The summed E-state index contributed by atoms with van der Waals surface area (Å²) in [5.41, 5.74) is 1.90. The van der Waals surface area contributed by atoms with Crippen LogP contribution >= 0.6 is 11.3 Å². The largest absolute Gasteiger partial charge is 0.508 e. The van der Waals surface area contributed by atoms with Crippen molar-refractivity contribution in [2.45, 2.75) is 13.1 Å². The van der Waals surface area contributed by atoms with Crippen molar-refractivity contribution < 1.29 is 5.11 Å². The maximum Gasteiger partial charge on any atom is 0.304 e. The zero-order chi connectivity index (χ0) is 11.4. The van der Waals surface area contributed by atoms with Crippen LogP contribution in [0.4, 0.5) is 0 Å². The van der Waals surface area contributed by atoms with Crippen molar-refractivity contribution in [2.75, 3.05) is 0 Å². The molecule has 0 aliphatic carbocycles. The van der Waals surface area contributed by atoms with Gasteiger partial charge in [-0.1, -0.05) is 23.5 Å². The summed E-state index contributed by atoms with van der Waals surface area (Å²) in [6.45, 7) is 1.28. The number of phenolic OH excluding ortho intramolecular Hbond substituents is 1. The highest BCUT2D eigenvalue weighted by molar-refractivity contribution is 7.07. The Morgan fingerprint density at radius 2 is 2.25 bits per heavy atom. The van der Waals surface area contributed by atoms with E-state index in [4.69, 9.17) is 0 Å². The van der Waals surface area contributed by atoms with E-state index in [2.05, 4.69) is 10.3 Å². The van der Waals surface area contributed by atoms with E-state index in [0.717, 1.165) is 22.6 Å². The van der Waals surface area contributed by atoms with E-state index in [1.165, 1.54) is 0 Å². The minimum absolute atomic E-state index is 0.0332. The Labute approximate surface area is 96.6 Å². The summed E-state index contributed by atoms with van der Waals surface area (Å²) in [6.07, 6.45) is 0. The fourth-order valence-electron chi connectivity index (χ4n) is 1.41. The minimum Gasteiger partial charge on any atom is -0.508 e. The van der Waals surface area contributed by atoms with Crippen LogP contribution in [0.1, 0.15) is 11.3 Å². The van der Waals surface area contributed by atoms with E-state index in [0.29, 0.717) is 13.1 Å². The van der Waals surface area contributed by atoms with Crippen LogP contribution in [0, 0.1) is 0 Å². The second-order valence-corrected chi connectivity index (χ2v) is 4.29. The Morgan fingerprint density at radius 1 is 1.38 bits per heavy atom.